The molecular formula is C27H28ClN9O3. The first-order valence-corrected chi connectivity index (χ1v) is 13.2. The first kappa shape index (κ1) is 26.0. The molecule has 6 rings (SSSR count). The third kappa shape index (κ3) is 4.51. The Bertz CT molecular complexity index is 1670. The SMILES string of the molecule is CC(=O)Nc1cc(Oc2ncc3nc(Nc4cc(C(C)(C)C#N)n(C5CC6(COC6)C5)n4)n(C)c3c2Cl)ccn1. The fourth-order valence-corrected chi connectivity index (χ4v) is 5.59. The number of nitrogens with one attached hydrogen (secondary N) is 2. The van der Waals surface area contributed by atoms with Crippen molar-refractivity contribution in [3.8, 4) is 17.7 Å². The summed E-state index contributed by atoms with van der Waals surface area (Å²) in [7, 11) is 1.83. The van der Waals surface area contributed by atoms with Crippen molar-refractivity contribution in [1.29, 1.82) is 5.26 Å². The number of carbonyl (C=O) groups excluding carboxylic acids is 1. The highest BCUT2D eigenvalue weighted by Gasteiger charge is 2.51. The van der Waals surface area contributed by atoms with E-state index in [4.69, 9.17) is 26.2 Å². The van der Waals surface area contributed by atoms with E-state index in [0.29, 0.717) is 34.4 Å². The third-order valence-electron chi connectivity index (χ3n) is 7.47. The summed E-state index contributed by atoms with van der Waals surface area (Å²) in [5.74, 6) is 1.81. The molecule has 5 heterocycles. The zero-order valence-electron chi connectivity index (χ0n) is 22.5. The second-order valence-corrected chi connectivity index (χ2v) is 11.4. The van der Waals surface area contributed by atoms with Gasteiger partial charge in [-0.2, -0.15) is 10.4 Å². The van der Waals surface area contributed by atoms with Crippen LogP contribution in [0.2, 0.25) is 5.02 Å². The van der Waals surface area contributed by atoms with Crippen molar-refractivity contribution < 1.29 is 14.3 Å². The number of fused-ring (bicyclic) bond motifs is 1. The lowest BCUT2D eigenvalue weighted by Gasteiger charge is -2.53. The molecule has 13 heteroatoms. The number of amides is 1. The number of hydrogen-bond acceptors (Lipinski definition) is 9. The molecule has 1 saturated heterocycles. The number of rotatable bonds is 7. The van der Waals surface area contributed by atoms with Crippen molar-refractivity contribution in [3.63, 3.8) is 0 Å². The van der Waals surface area contributed by atoms with Crippen LogP contribution in [-0.4, -0.2) is 48.4 Å². The molecule has 1 aliphatic heterocycles. The van der Waals surface area contributed by atoms with Crippen LogP contribution in [0, 0.1) is 16.7 Å². The molecule has 1 spiro atoms. The zero-order chi connectivity index (χ0) is 28.2. The summed E-state index contributed by atoms with van der Waals surface area (Å²) >= 11 is 6.73. The van der Waals surface area contributed by atoms with Crippen molar-refractivity contribution in [1.82, 2.24) is 29.3 Å². The molecular weight excluding hydrogens is 534 g/mol. The van der Waals surface area contributed by atoms with Crippen LogP contribution in [0.5, 0.6) is 11.6 Å². The molecule has 0 unspecified atom stereocenters. The Kier molecular flexibility index (Phi) is 6.16. The average molecular weight is 562 g/mol. The lowest BCUT2D eigenvalue weighted by Crippen LogP contribution is -2.53. The van der Waals surface area contributed by atoms with Gasteiger partial charge in [0.2, 0.25) is 17.7 Å². The Morgan fingerprint density at radius 1 is 1.27 bits per heavy atom. The number of pyridine rings is 2. The molecule has 2 aliphatic rings. The van der Waals surface area contributed by atoms with Crippen LogP contribution in [0.3, 0.4) is 0 Å². The van der Waals surface area contributed by atoms with Crippen molar-refractivity contribution >= 4 is 46.1 Å². The van der Waals surface area contributed by atoms with Crippen LogP contribution in [0.25, 0.3) is 11.0 Å². The van der Waals surface area contributed by atoms with Gasteiger partial charge in [0, 0.05) is 37.7 Å². The molecule has 40 heavy (non-hydrogen) atoms. The smallest absolute Gasteiger partial charge is 0.240 e. The number of imidazole rings is 1. The number of halogens is 1. The monoisotopic (exact) mass is 561 g/mol. The van der Waals surface area contributed by atoms with Crippen LogP contribution in [-0.2, 0) is 22.0 Å². The lowest BCUT2D eigenvalue weighted by atomic mass is 9.64. The first-order chi connectivity index (χ1) is 19.1. The Hall–Kier alpha value is -4.21. The largest absolute Gasteiger partial charge is 0.437 e. The molecule has 2 fully saturated rings. The van der Waals surface area contributed by atoms with Crippen LogP contribution in [0.1, 0.15) is 45.3 Å². The molecule has 206 valence electrons. The number of ether oxygens (including phenoxy) is 2. The van der Waals surface area contributed by atoms with E-state index < -0.39 is 5.41 Å². The summed E-state index contributed by atoms with van der Waals surface area (Å²) in [4.78, 5) is 24.5. The van der Waals surface area contributed by atoms with Crippen molar-refractivity contribution in [3.05, 3.63) is 41.3 Å². The van der Waals surface area contributed by atoms with Gasteiger partial charge in [-0.3, -0.25) is 9.48 Å². The minimum Gasteiger partial charge on any atom is -0.437 e. The molecule has 1 saturated carbocycles. The maximum absolute atomic E-state index is 11.4. The summed E-state index contributed by atoms with van der Waals surface area (Å²) in [6, 6.07) is 7.77. The van der Waals surface area contributed by atoms with E-state index in [9.17, 15) is 10.1 Å². The molecule has 0 bridgehead atoms. The Morgan fingerprint density at radius 3 is 2.73 bits per heavy atom. The Balaban J connectivity index is 1.28. The van der Waals surface area contributed by atoms with Gasteiger partial charge >= 0.3 is 0 Å². The average Bonchev–Trinajstić information content (AvgIpc) is 3.41. The van der Waals surface area contributed by atoms with E-state index in [1.807, 2.05) is 31.6 Å². The van der Waals surface area contributed by atoms with E-state index in [2.05, 4.69) is 31.7 Å². The number of nitrogens with zero attached hydrogens (tertiary/aromatic N) is 7. The van der Waals surface area contributed by atoms with E-state index in [0.717, 1.165) is 31.7 Å². The van der Waals surface area contributed by atoms with Crippen LogP contribution >= 0.6 is 11.6 Å². The topological polar surface area (TPSA) is 145 Å². The van der Waals surface area contributed by atoms with Gasteiger partial charge in [0.05, 0.1) is 48.1 Å². The van der Waals surface area contributed by atoms with E-state index >= 15 is 0 Å². The minimum absolute atomic E-state index is 0.185. The van der Waals surface area contributed by atoms with Gasteiger partial charge < -0.3 is 24.7 Å². The molecule has 4 aromatic heterocycles. The van der Waals surface area contributed by atoms with Crippen LogP contribution in [0.4, 0.5) is 17.6 Å². The summed E-state index contributed by atoms with van der Waals surface area (Å²) < 4.78 is 15.1. The summed E-state index contributed by atoms with van der Waals surface area (Å²) in [5.41, 5.74) is 1.58. The number of carbonyl (C=O) groups is 1. The molecule has 0 radical (unpaired) electrons. The maximum atomic E-state index is 11.4. The van der Waals surface area contributed by atoms with Crippen molar-refractivity contribution in [2.24, 2.45) is 12.5 Å². The fourth-order valence-electron chi connectivity index (χ4n) is 5.28. The highest BCUT2D eigenvalue weighted by molar-refractivity contribution is 6.36. The third-order valence-corrected chi connectivity index (χ3v) is 7.81. The summed E-state index contributed by atoms with van der Waals surface area (Å²) in [6.07, 6.45) is 5.07. The predicted molar refractivity (Wildman–Crippen MR) is 148 cm³/mol. The molecule has 0 aromatic carbocycles. The van der Waals surface area contributed by atoms with Gasteiger partial charge in [0.1, 0.15) is 22.1 Å². The summed E-state index contributed by atoms with van der Waals surface area (Å²) in [5, 5.41) is 20.9. The van der Waals surface area contributed by atoms with E-state index in [-0.39, 0.29) is 28.3 Å². The second kappa shape index (κ2) is 9.46. The highest BCUT2D eigenvalue weighted by atomic mass is 35.5. The fraction of sp³-hybridized carbons (Fsp3) is 0.407. The quantitative estimate of drug-likeness (QED) is 0.323. The molecule has 0 atom stereocenters. The number of aromatic nitrogens is 6. The lowest BCUT2D eigenvalue weighted by molar-refractivity contribution is -0.176. The summed E-state index contributed by atoms with van der Waals surface area (Å²) in [6.45, 7) is 6.79. The minimum atomic E-state index is -0.718. The van der Waals surface area contributed by atoms with Gasteiger partial charge in [-0.05, 0) is 32.8 Å². The van der Waals surface area contributed by atoms with Gasteiger partial charge in [0.25, 0.3) is 0 Å². The standard InChI is InChI=1S/C27H28ClN9O3/c1-15(38)32-20-7-17(5-6-30-20)40-24-22(28)23-18(11-31-24)33-25(36(23)4)34-21-8-19(26(2,3)12-29)37(35-21)16-9-27(10-16)13-39-14-27/h5-8,11,16H,9-10,13-14H2,1-4H3,(H,30,32,38)(H,33,34,35). The van der Waals surface area contributed by atoms with Crippen molar-refractivity contribution in [2.75, 3.05) is 23.8 Å². The molecule has 1 amide bonds. The number of hydrogen-bond donors (Lipinski definition) is 2. The molecule has 4 aromatic rings. The Morgan fingerprint density at radius 2 is 2.05 bits per heavy atom. The second-order valence-electron chi connectivity index (χ2n) is 11.0. The van der Waals surface area contributed by atoms with Gasteiger partial charge in [0.15, 0.2) is 5.82 Å². The van der Waals surface area contributed by atoms with E-state index in [1.54, 1.807) is 22.9 Å². The molecule has 12 nitrogen and oxygen atoms in total. The van der Waals surface area contributed by atoms with Crippen molar-refractivity contribution in [2.45, 2.75) is 45.1 Å². The number of aryl methyl sites for hydroxylation is 1. The predicted octanol–water partition coefficient (Wildman–Crippen LogP) is 4.86. The zero-order valence-corrected chi connectivity index (χ0v) is 23.3. The van der Waals surface area contributed by atoms with Gasteiger partial charge in [-0.1, -0.05) is 11.6 Å². The van der Waals surface area contributed by atoms with Gasteiger partial charge in [-0.15, -0.1) is 0 Å². The Labute approximate surface area is 235 Å². The molecule has 1 aliphatic carbocycles. The molecule has 2 N–H and O–H groups in total. The number of anilines is 3. The highest BCUT2D eigenvalue weighted by Crippen LogP contribution is 2.53. The normalized spacial score (nSPS) is 16.3. The van der Waals surface area contributed by atoms with Gasteiger partial charge in [-0.25, -0.2) is 15.0 Å². The first-order valence-electron chi connectivity index (χ1n) is 12.9. The maximum Gasteiger partial charge on any atom is 0.240 e. The van der Waals surface area contributed by atoms with Crippen LogP contribution in [0.15, 0.2) is 30.6 Å². The number of nitriles is 1. The van der Waals surface area contributed by atoms with Crippen LogP contribution < -0.4 is 15.4 Å². The van der Waals surface area contributed by atoms with E-state index in [1.165, 1.54) is 13.1 Å².